The molecule has 16 heavy (non-hydrogen) atoms. The first-order chi connectivity index (χ1) is 7.47. The van der Waals surface area contributed by atoms with Crippen molar-refractivity contribution in [3.05, 3.63) is 35.1 Å². The number of carboxylic acid groups (broad SMARTS) is 1. The van der Waals surface area contributed by atoms with Crippen molar-refractivity contribution in [3.8, 4) is 6.07 Å². The van der Waals surface area contributed by atoms with Crippen molar-refractivity contribution in [3.63, 3.8) is 0 Å². The van der Waals surface area contributed by atoms with Gasteiger partial charge in [-0.2, -0.15) is 5.26 Å². The van der Waals surface area contributed by atoms with Crippen molar-refractivity contribution in [2.24, 2.45) is 0 Å². The molecular weight excluding hydrogens is 223 g/mol. The van der Waals surface area contributed by atoms with Crippen LogP contribution in [0.2, 0.25) is 0 Å². The molecule has 3 nitrogen and oxygen atoms in total. The molecule has 0 aromatic heterocycles. The van der Waals surface area contributed by atoms with Crippen LogP contribution in [0, 0.1) is 28.8 Å². The van der Waals surface area contributed by atoms with Crippen LogP contribution in [0.15, 0.2) is 12.1 Å². The Morgan fingerprint density at radius 2 is 2.00 bits per heavy atom. The molecule has 1 aromatic rings. The zero-order chi connectivity index (χ0) is 12.3. The molecule has 0 saturated heterocycles. The van der Waals surface area contributed by atoms with Crippen LogP contribution in [0.3, 0.4) is 0 Å². The molecule has 1 aromatic carbocycles. The van der Waals surface area contributed by atoms with E-state index in [0.29, 0.717) is 6.07 Å². The molecule has 0 aliphatic heterocycles. The van der Waals surface area contributed by atoms with E-state index in [9.17, 15) is 18.0 Å². The molecule has 0 radical (unpaired) electrons. The van der Waals surface area contributed by atoms with Crippen LogP contribution in [-0.4, -0.2) is 11.1 Å². The number of hydrogen-bond acceptors (Lipinski definition) is 2. The Hall–Kier alpha value is -2.03. The van der Waals surface area contributed by atoms with Gasteiger partial charge in [0.1, 0.15) is 0 Å². The van der Waals surface area contributed by atoms with Crippen molar-refractivity contribution in [1.82, 2.24) is 0 Å². The van der Waals surface area contributed by atoms with E-state index in [4.69, 9.17) is 10.4 Å². The second-order valence-corrected chi connectivity index (χ2v) is 3.04. The molecule has 0 fully saturated rings. The Labute approximate surface area is 88.7 Å². The first kappa shape index (κ1) is 12.0. The Bertz CT molecular complexity index is 468. The van der Waals surface area contributed by atoms with Crippen molar-refractivity contribution < 1.29 is 23.1 Å². The monoisotopic (exact) mass is 229 g/mol. The average molecular weight is 229 g/mol. The zero-order valence-electron chi connectivity index (χ0n) is 7.88. The summed E-state index contributed by atoms with van der Waals surface area (Å²) in [5.74, 6) is -7.27. The van der Waals surface area contributed by atoms with Crippen LogP contribution < -0.4 is 0 Å². The molecule has 1 rings (SSSR count). The molecule has 0 amide bonds. The lowest BCUT2D eigenvalue weighted by Crippen LogP contribution is -2.08. The lowest BCUT2D eigenvalue weighted by molar-refractivity contribution is -0.137. The second kappa shape index (κ2) is 4.66. The summed E-state index contributed by atoms with van der Waals surface area (Å²) < 4.78 is 38.6. The van der Waals surface area contributed by atoms with Gasteiger partial charge in [0.2, 0.25) is 0 Å². The molecule has 0 aliphatic rings. The smallest absolute Gasteiger partial charge is 0.305 e. The summed E-state index contributed by atoms with van der Waals surface area (Å²) in [7, 11) is 0. The normalized spacial score (nSPS) is 11.9. The van der Waals surface area contributed by atoms with Crippen molar-refractivity contribution in [1.29, 1.82) is 5.26 Å². The lowest BCUT2D eigenvalue weighted by atomic mass is 9.96. The molecule has 1 atom stereocenters. The molecule has 0 spiro atoms. The van der Waals surface area contributed by atoms with Gasteiger partial charge >= 0.3 is 5.97 Å². The van der Waals surface area contributed by atoms with Gasteiger partial charge in [-0.3, -0.25) is 4.79 Å². The van der Waals surface area contributed by atoms with Gasteiger partial charge in [-0.1, -0.05) is 6.07 Å². The van der Waals surface area contributed by atoms with Gasteiger partial charge in [0.15, 0.2) is 17.5 Å². The van der Waals surface area contributed by atoms with Gasteiger partial charge in [0.25, 0.3) is 0 Å². The number of halogens is 3. The van der Waals surface area contributed by atoms with E-state index >= 15 is 0 Å². The van der Waals surface area contributed by atoms with Gasteiger partial charge in [0, 0.05) is 5.56 Å². The van der Waals surface area contributed by atoms with Crippen LogP contribution in [0.4, 0.5) is 13.2 Å². The number of carbonyl (C=O) groups is 1. The highest BCUT2D eigenvalue weighted by atomic mass is 19.2. The highest BCUT2D eigenvalue weighted by molar-refractivity contribution is 5.68. The maximum absolute atomic E-state index is 13.2. The third kappa shape index (κ3) is 2.31. The molecule has 0 aliphatic carbocycles. The fourth-order valence-corrected chi connectivity index (χ4v) is 1.21. The molecular formula is C10H6F3NO2. The number of rotatable bonds is 3. The SMILES string of the molecule is N#CC(CC(=O)O)c1ccc(F)c(F)c1F. The number of nitrogens with zero attached hydrogens (tertiary/aromatic N) is 1. The topological polar surface area (TPSA) is 61.1 Å². The first-order valence-electron chi connectivity index (χ1n) is 4.22. The molecule has 0 saturated carbocycles. The van der Waals surface area contributed by atoms with Gasteiger partial charge in [0.05, 0.1) is 18.4 Å². The van der Waals surface area contributed by atoms with E-state index in [0.717, 1.165) is 6.07 Å². The van der Waals surface area contributed by atoms with E-state index in [1.54, 1.807) is 0 Å². The summed E-state index contributed by atoms with van der Waals surface area (Å²) in [6, 6.07) is 3.05. The summed E-state index contributed by atoms with van der Waals surface area (Å²) in [5.41, 5.74) is -0.455. The van der Waals surface area contributed by atoms with E-state index in [2.05, 4.69) is 0 Å². The largest absolute Gasteiger partial charge is 0.481 e. The van der Waals surface area contributed by atoms with E-state index in [1.807, 2.05) is 0 Å². The standard InChI is InChI=1S/C10H6F3NO2/c11-7-2-1-6(9(12)10(7)13)5(4-14)3-8(15)16/h1-2,5H,3H2,(H,15,16). The predicted molar refractivity (Wildman–Crippen MR) is 46.9 cm³/mol. The molecule has 1 N–H and O–H groups in total. The molecule has 0 bridgehead atoms. The van der Waals surface area contributed by atoms with Crippen molar-refractivity contribution in [2.45, 2.75) is 12.3 Å². The minimum atomic E-state index is -1.71. The number of carboxylic acids is 1. The minimum absolute atomic E-state index is 0.455. The summed E-state index contributed by atoms with van der Waals surface area (Å²) in [5, 5.41) is 17.1. The predicted octanol–water partition coefficient (Wildman–Crippen LogP) is 2.19. The summed E-state index contributed by atoms with van der Waals surface area (Å²) >= 11 is 0. The van der Waals surface area contributed by atoms with Crippen LogP contribution in [0.1, 0.15) is 17.9 Å². The summed E-state index contributed by atoms with van der Waals surface area (Å²) in [4.78, 5) is 10.4. The number of hydrogen-bond donors (Lipinski definition) is 1. The fraction of sp³-hybridized carbons (Fsp3) is 0.200. The number of aliphatic carboxylic acids is 1. The third-order valence-corrected chi connectivity index (χ3v) is 1.98. The van der Waals surface area contributed by atoms with E-state index in [1.165, 1.54) is 6.07 Å². The quantitative estimate of drug-likeness (QED) is 0.808. The van der Waals surface area contributed by atoms with Crippen molar-refractivity contribution >= 4 is 5.97 Å². The van der Waals surface area contributed by atoms with Crippen LogP contribution >= 0.6 is 0 Å². The van der Waals surface area contributed by atoms with Crippen LogP contribution in [0.5, 0.6) is 0 Å². The second-order valence-electron chi connectivity index (χ2n) is 3.04. The maximum atomic E-state index is 13.2. The molecule has 0 heterocycles. The van der Waals surface area contributed by atoms with Crippen molar-refractivity contribution in [2.75, 3.05) is 0 Å². The van der Waals surface area contributed by atoms with Gasteiger partial charge < -0.3 is 5.11 Å². The summed E-state index contributed by atoms with van der Waals surface area (Å²) in [6.45, 7) is 0. The molecule has 6 heteroatoms. The Balaban J connectivity index is 3.17. The highest BCUT2D eigenvalue weighted by Gasteiger charge is 2.22. The lowest BCUT2D eigenvalue weighted by Gasteiger charge is -2.08. The fourth-order valence-electron chi connectivity index (χ4n) is 1.21. The Kier molecular flexibility index (Phi) is 3.51. The number of nitriles is 1. The summed E-state index contributed by atoms with van der Waals surface area (Å²) in [6.07, 6.45) is -0.668. The van der Waals surface area contributed by atoms with E-state index < -0.39 is 41.3 Å². The minimum Gasteiger partial charge on any atom is -0.481 e. The van der Waals surface area contributed by atoms with E-state index in [-0.39, 0.29) is 0 Å². The average Bonchev–Trinajstić information content (AvgIpc) is 2.23. The Morgan fingerprint density at radius 3 is 2.50 bits per heavy atom. The maximum Gasteiger partial charge on any atom is 0.305 e. The molecule has 84 valence electrons. The third-order valence-electron chi connectivity index (χ3n) is 1.98. The Morgan fingerprint density at radius 1 is 1.38 bits per heavy atom. The highest BCUT2D eigenvalue weighted by Crippen LogP contribution is 2.24. The van der Waals surface area contributed by atoms with Crippen LogP contribution in [0.25, 0.3) is 0 Å². The first-order valence-corrected chi connectivity index (χ1v) is 4.22. The molecule has 1 unspecified atom stereocenters. The van der Waals surface area contributed by atoms with Gasteiger partial charge in [-0.15, -0.1) is 0 Å². The van der Waals surface area contributed by atoms with Gasteiger partial charge in [-0.25, -0.2) is 13.2 Å². The van der Waals surface area contributed by atoms with Crippen LogP contribution in [-0.2, 0) is 4.79 Å². The van der Waals surface area contributed by atoms with Gasteiger partial charge in [-0.05, 0) is 6.07 Å². The number of benzene rings is 1. The zero-order valence-corrected chi connectivity index (χ0v) is 7.88.